The molecule has 1 atom stereocenters. The van der Waals surface area contributed by atoms with Crippen molar-refractivity contribution in [3.05, 3.63) is 35.1 Å². The lowest BCUT2D eigenvalue weighted by atomic mass is 10.1. The molecule has 0 unspecified atom stereocenters. The third kappa shape index (κ3) is 2.88. The summed E-state index contributed by atoms with van der Waals surface area (Å²) in [6.45, 7) is 3.36. The van der Waals surface area contributed by atoms with E-state index in [0.29, 0.717) is 10.8 Å². The Morgan fingerprint density at radius 2 is 2.26 bits per heavy atom. The van der Waals surface area contributed by atoms with Gasteiger partial charge in [-0.2, -0.15) is 5.10 Å². The summed E-state index contributed by atoms with van der Waals surface area (Å²) in [6, 6.07) is 5.19. The summed E-state index contributed by atoms with van der Waals surface area (Å²) >= 11 is 6.10. The van der Waals surface area contributed by atoms with Gasteiger partial charge in [0.1, 0.15) is 5.75 Å². The first kappa shape index (κ1) is 13.4. The number of aromatic amines is 1. The standard InChI is InChI=1S/C13H13ClN2O3/c1-7-10(6-15-16-7)9-3-4-12(11(14)5-9)19-8(2)13(17)18/h3-6,8H,1-2H3,(H,15,16)(H,17,18)/t8-/m1/s1. The molecule has 2 N–H and O–H groups in total. The van der Waals surface area contributed by atoms with Crippen molar-refractivity contribution in [2.45, 2.75) is 20.0 Å². The van der Waals surface area contributed by atoms with E-state index in [1.807, 2.05) is 13.0 Å². The number of aliphatic carboxylic acids is 1. The Hall–Kier alpha value is -2.01. The van der Waals surface area contributed by atoms with Crippen LogP contribution in [0.25, 0.3) is 11.1 Å². The van der Waals surface area contributed by atoms with Crippen LogP contribution in [-0.4, -0.2) is 27.4 Å². The second-order valence-corrected chi connectivity index (χ2v) is 4.56. The fourth-order valence-electron chi connectivity index (χ4n) is 1.65. The normalized spacial score (nSPS) is 12.2. The first-order chi connectivity index (χ1) is 8.99. The van der Waals surface area contributed by atoms with E-state index in [4.69, 9.17) is 21.4 Å². The van der Waals surface area contributed by atoms with Crippen molar-refractivity contribution >= 4 is 17.6 Å². The lowest BCUT2D eigenvalue weighted by molar-refractivity contribution is -0.144. The number of hydrogen-bond donors (Lipinski definition) is 2. The summed E-state index contributed by atoms with van der Waals surface area (Å²) in [7, 11) is 0. The van der Waals surface area contributed by atoms with Crippen LogP contribution < -0.4 is 4.74 Å². The zero-order valence-electron chi connectivity index (χ0n) is 10.5. The molecular formula is C13H13ClN2O3. The van der Waals surface area contributed by atoms with Crippen LogP contribution in [-0.2, 0) is 4.79 Å². The molecule has 1 aromatic carbocycles. The van der Waals surface area contributed by atoms with Crippen LogP contribution in [0.1, 0.15) is 12.6 Å². The fourth-order valence-corrected chi connectivity index (χ4v) is 1.87. The number of aromatic nitrogens is 2. The number of benzene rings is 1. The first-order valence-corrected chi connectivity index (χ1v) is 6.06. The Morgan fingerprint density at radius 3 is 2.79 bits per heavy atom. The Balaban J connectivity index is 2.27. The van der Waals surface area contributed by atoms with Gasteiger partial charge in [0.2, 0.25) is 0 Å². The predicted molar refractivity (Wildman–Crippen MR) is 71.5 cm³/mol. The SMILES string of the molecule is Cc1[nH]ncc1-c1ccc(O[C@H](C)C(=O)O)c(Cl)c1. The number of nitrogens with zero attached hydrogens (tertiary/aromatic N) is 1. The number of rotatable bonds is 4. The first-order valence-electron chi connectivity index (χ1n) is 5.68. The van der Waals surface area contributed by atoms with Crippen molar-refractivity contribution in [2.24, 2.45) is 0 Å². The molecule has 0 spiro atoms. The Labute approximate surface area is 115 Å². The Bertz CT molecular complexity index is 610. The predicted octanol–water partition coefficient (Wildman–Crippen LogP) is 2.89. The molecule has 6 heteroatoms. The molecule has 100 valence electrons. The molecule has 0 saturated heterocycles. The van der Waals surface area contributed by atoms with Gasteiger partial charge in [-0.25, -0.2) is 4.79 Å². The molecule has 0 fully saturated rings. The average molecular weight is 281 g/mol. The molecule has 2 rings (SSSR count). The summed E-state index contributed by atoms with van der Waals surface area (Å²) in [5.41, 5.74) is 2.77. The van der Waals surface area contributed by atoms with Crippen LogP contribution in [0.2, 0.25) is 5.02 Å². The van der Waals surface area contributed by atoms with Gasteiger partial charge >= 0.3 is 5.97 Å². The van der Waals surface area contributed by atoms with Gasteiger partial charge in [0.15, 0.2) is 6.10 Å². The minimum Gasteiger partial charge on any atom is -0.479 e. The maximum atomic E-state index is 10.7. The molecule has 0 radical (unpaired) electrons. The number of aryl methyl sites for hydroxylation is 1. The van der Waals surface area contributed by atoms with E-state index in [1.54, 1.807) is 18.3 Å². The highest BCUT2D eigenvalue weighted by atomic mass is 35.5. The minimum atomic E-state index is -1.04. The zero-order valence-corrected chi connectivity index (χ0v) is 11.2. The highest BCUT2D eigenvalue weighted by Crippen LogP contribution is 2.31. The van der Waals surface area contributed by atoms with Crippen LogP contribution >= 0.6 is 11.6 Å². The molecule has 0 amide bonds. The number of carboxylic acids is 1. The summed E-state index contributed by atoms with van der Waals surface area (Å²) < 4.78 is 5.25. The van der Waals surface area contributed by atoms with E-state index < -0.39 is 12.1 Å². The summed E-state index contributed by atoms with van der Waals surface area (Å²) in [5, 5.41) is 16.0. The average Bonchev–Trinajstić information content (AvgIpc) is 2.78. The second-order valence-electron chi connectivity index (χ2n) is 4.15. The number of hydrogen-bond acceptors (Lipinski definition) is 3. The van der Waals surface area contributed by atoms with Crippen LogP contribution in [0.3, 0.4) is 0 Å². The maximum Gasteiger partial charge on any atom is 0.344 e. The lowest BCUT2D eigenvalue weighted by Gasteiger charge is -2.12. The van der Waals surface area contributed by atoms with E-state index in [1.165, 1.54) is 6.92 Å². The largest absolute Gasteiger partial charge is 0.479 e. The van der Waals surface area contributed by atoms with Gasteiger partial charge < -0.3 is 9.84 Å². The van der Waals surface area contributed by atoms with Gasteiger partial charge in [-0.3, -0.25) is 5.10 Å². The monoisotopic (exact) mass is 280 g/mol. The number of nitrogens with one attached hydrogen (secondary N) is 1. The molecule has 0 bridgehead atoms. The van der Waals surface area contributed by atoms with Crippen LogP contribution in [0.4, 0.5) is 0 Å². The lowest BCUT2D eigenvalue weighted by Crippen LogP contribution is -2.22. The van der Waals surface area contributed by atoms with Gasteiger partial charge in [-0.05, 0) is 31.5 Å². The number of carboxylic acid groups (broad SMARTS) is 1. The van der Waals surface area contributed by atoms with Crippen molar-refractivity contribution < 1.29 is 14.6 Å². The Kier molecular flexibility index (Phi) is 3.76. The number of H-pyrrole nitrogens is 1. The molecular weight excluding hydrogens is 268 g/mol. The molecule has 19 heavy (non-hydrogen) atoms. The number of carbonyl (C=O) groups is 1. The van der Waals surface area contributed by atoms with E-state index in [2.05, 4.69) is 10.2 Å². The van der Waals surface area contributed by atoms with Gasteiger partial charge in [-0.1, -0.05) is 17.7 Å². The molecule has 1 aromatic heterocycles. The third-order valence-electron chi connectivity index (χ3n) is 2.72. The van der Waals surface area contributed by atoms with Gasteiger partial charge in [-0.15, -0.1) is 0 Å². The van der Waals surface area contributed by atoms with Gasteiger partial charge in [0.25, 0.3) is 0 Å². The molecule has 0 aliphatic rings. The zero-order chi connectivity index (χ0) is 14.0. The minimum absolute atomic E-state index is 0.349. The van der Waals surface area contributed by atoms with Crippen LogP contribution in [0.5, 0.6) is 5.75 Å². The molecule has 0 saturated carbocycles. The van der Waals surface area contributed by atoms with Crippen molar-refractivity contribution in [2.75, 3.05) is 0 Å². The fraction of sp³-hybridized carbons (Fsp3) is 0.231. The molecule has 2 aromatic rings. The van der Waals surface area contributed by atoms with E-state index in [0.717, 1.165) is 16.8 Å². The molecule has 0 aliphatic heterocycles. The van der Waals surface area contributed by atoms with Crippen LogP contribution in [0, 0.1) is 6.92 Å². The highest BCUT2D eigenvalue weighted by molar-refractivity contribution is 6.32. The highest BCUT2D eigenvalue weighted by Gasteiger charge is 2.15. The topological polar surface area (TPSA) is 75.2 Å². The van der Waals surface area contributed by atoms with E-state index in [9.17, 15) is 4.79 Å². The van der Waals surface area contributed by atoms with Gasteiger partial charge in [0.05, 0.1) is 11.2 Å². The molecule has 5 nitrogen and oxygen atoms in total. The Morgan fingerprint density at radius 1 is 1.53 bits per heavy atom. The number of ether oxygens (including phenoxy) is 1. The molecule has 1 heterocycles. The second kappa shape index (κ2) is 5.32. The summed E-state index contributed by atoms with van der Waals surface area (Å²) in [6.07, 6.45) is 0.764. The van der Waals surface area contributed by atoms with Crippen molar-refractivity contribution in [3.8, 4) is 16.9 Å². The van der Waals surface area contributed by atoms with E-state index in [-0.39, 0.29) is 0 Å². The van der Waals surface area contributed by atoms with E-state index >= 15 is 0 Å². The quantitative estimate of drug-likeness (QED) is 0.903. The van der Waals surface area contributed by atoms with Crippen molar-refractivity contribution in [1.29, 1.82) is 0 Å². The summed E-state index contributed by atoms with van der Waals surface area (Å²) in [4.78, 5) is 10.7. The van der Waals surface area contributed by atoms with Crippen molar-refractivity contribution in [3.63, 3.8) is 0 Å². The summed E-state index contributed by atoms with van der Waals surface area (Å²) in [5.74, 6) is -0.688. The van der Waals surface area contributed by atoms with Crippen molar-refractivity contribution in [1.82, 2.24) is 10.2 Å². The smallest absolute Gasteiger partial charge is 0.344 e. The molecule has 0 aliphatic carbocycles. The van der Waals surface area contributed by atoms with Gasteiger partial charge in [0, 0.05) is 11.3 Å². The van der Waals surface area contributed by atoms with Crippen LogP contribution in [0.15, 0.2) is 24.4 Å². The maximum absolute atomic E-state index is 10.7. The number of halogens is 1. The third-order valence-corrected chi connectivity index (χ3v) is 3.02.